The number of hydrogen-bond donors (Lipinski definition) is 2. The Bertz CT molecular complexity index is 533. The van der Waals surface area contributed by atoms with Gasteiger partial charge < -0.3 is 11.5 Å². The van der Waals surface area contributed by atoms with Crippen LogP contribution in [0.15, 0.2) is 36.0 Å². The molecule has 38 heavy (non-hydrogen) atoms. The van der Waals surface area contributed by atoms with Gasteiger partial charge in [0.25, 0.3) is 0 Å². The third-order valence-electron chi connectivity index (χ3n) is 7.93. The Morgan fingerprint density at radius 3 is 1.58 bits per heavy atom. The monoisotopic (exact) mass is 531 g/mol. The van der Waals surface area contributed by atoms with Gasteiger partial charge in [0, 0.05) is 0 Å². The number of nitrogens with two attached hydrogens (primary N) is 2. The van der Waals surface area contributed by atoms with Crippen LogP contribution < -0.4 is 11.5 Å². The van der Waals surface area contributed by atoms with Gasteiger partial charge in [-0.05, 0) is 96.1 Å². The Labute approximate surface area is 240 Å². The van der Waals surface area contributed by atoms with Crippen molar-refractivity contribution in [3.8, 4) is 0 Å². The Balaban J connectivity index is 4.99. The maximum absolute atomic E-state index is 5.67. The molecule has 0 amide bonds. The minimum Gasteiger partial charge on any atom is -0.330 e. The van der Waals surface area contributed by atoms with E-state index in [4.69, 9.17) is 11.5 Å². The molecule has 0 heterocycles. The molecule has 0 aliphatic heterocycles. The van der Waals surface area contributed by atoms with Gasteiger partial charge in [-0.3, -0.25) is 0 Å². The predicted molar refractivity (Wildman–Crippen MR) is 175 cm³/mol. The Morgan fingerprint density at radius 1 is 0.500 bits per heavy atom. The van der Waals surface area contributed by atoms with Crippen molar-refractivity contribution >= 4 is 0 Å². The largest absolute Gasteiger partial charge is 0.330 e. The van der Waals surface area contributed by atoms with Crippen molar-refractivity contribution in [3.05, 3.63) is 36.0 Å². The highest BCUT2D eigenvalue weighted by atomic mass is 14.5. The second-order valence-corrected chi connectivity index (χ2v) is 11.6. The highest BCUT2D eigenvalue weighted by Gasteiger charge is 2.13. The molecule has 2 nitrogen and oxygen atoms in total. The summed E-state index contributed by atoms with van der Waals surface area (Å²) in [4.78, 5) is 0. The van der Waals surface area contributed by atoms with Crippen LogP contribution in [0.25, 0.3) is 0 Å². The SMILES string of the molecule is CCCCC/C=C/C/C=C(\CCCCCCCCN)C(CC/C=C/CCCCC)CCCCCCCCN. The molecule has 0 aromatic rings. The van der Waals surface area contributed by atoms with Gasteiger partial charge in [-0.15, -0.1) is 0 Å². The first kappa shape index (κ1) is 37.1. The first-order valence-corrected chi connectivity index (χ1v) is 17.2. The van der Waals surface area contributed by atoms with Crippen molar-refractivity contribution in [1.82, 2.24) is 0 Å². The van der Waals surface area contributed by atoms with Gasteiger partial charge in [0.2, 0.25) is 0 Å². The highest BCUT2D eigenvalue weighted by molar-refractivity contribution is 5.10. The molecule has 4 N–H and O–H groups in total. The molecule has 0 aliphatic rings. The molecule has 2 heteroatoms. The van der Waals surface area contributed by atoms with E-state index in [1.807, 2.05) is 0 Å². The normalized spacial score (nSPS) is 13.3. The first-order chi connectivity index (χ1) is 18.8. The Kier molecular flexibility index (Phi) is 31.6. The summed E-state index contributed by atoms with van der Waals surface area (Å²) in [5.74, 6) is 0.769. The maximum atomic E-state index is 5.67. The first-order valence-electron chi connectivity index (χ1n) is 17.2. The fraction of sp³-hybridized carbons (Fsp3) is 0.833. The standard InChI is InChI=1S/C36H70N2/c1-3-5-7-9-11-17-23-29-35(31-25-19-13-15-21-27-33-37)36(30-24-18-12-10-8-6-4-2)32-26-20-14-16-22-28-34-38/h11-12,17-18,29,36H,3-10,13-16,19-28,30-34,37-38H2,1-2H3/b17-11+,18-12+,35-29+. The summed E-state index contributed by atoms with van der Waals surface area (Å²) >= 11 is 0. The van der Waals surface area contributed by atoms with Crippen molar-refractivity contribution in [2.75, 3.05) is 13.1 Å². The van der Waals surface area contributed by atoms with E-state index in [9.17, 15) is 0 Å². The molecular formula is C36H70N2. The summed E-state index contributed by atoms with van der Waals surface area (Å²) in [5, 5.41) is 0. The summed E-state index contributed by atoms with van der Waals surface area (Å²) in [7, 11) is 0. The van der Waals surface area contributed by atoms with Gasteiger partial charge in [-0.1, -0.05) is 133 Å². The molecule has 1 unspecified atom stereocenters. The molecule has 0 radical (unpaired) electrons. The lowest BCUT2D eigenvalue weighted by molar-refractivity contribution is 0.459. The van der Waals surface area contributed by atoms with Crippen molar-refractivity contribution in [1.29, 1.82) is 0 Å². The third-order valence-corrected chi connectivity index (χ3v) is 7.93. The lowest BCUT2D eigenvalue weighted by Crippen LogP contribution is -2.06. The van der Waals surface area contributed by atoms with E-state index in [0.29, 0.717) is 0 Å². The lowest BCUT2D eigenvalue weighted by atomic mass is 9.85. The Hall–Kier alpha value is -0.860. The molecule has 0 rings (SSSR count). The third kappa shape index (κ3) is 26.7. The quantitative estimate of drug-likeness (QED) is 0.0716. The fourth-order valence-electron chi connectivity index (χ4n) is 5.40. The average Bonchev–Trinajstić information content (AvgIpc) is 2.93. The van der Waals surface area contributed by atoms with Gasteiger partial charge in [0.15, 0.2) is 0 Å². The van der Waals surface area contributed by atoms with Crippen LogP contribution in [0.2, 0.25) is 0 Å². The highest BCUT2D eigenvalue weighted by Crippen LogP contribution is 2.29. The summed E-state index contributed by atoms with van der Waals surface area (Å²) in [6.45, 7) is 6.28. The topological polar surface area (TPSA) is 52.0 Å². The molecule has 1 atom stereocenters. The van der Waals surface area contributed by atoms with Crippen LogP contribution >= 0.6 is 0 Å². The number of hydrogen-bond acceptors (Lipinski definition) is 2. The smallest absolute Gasteiger partial charge is 0.00773 e. The van der Waals surface area contributed by atoms with E-state index in [0.717, 1.165) is 25.4 Å². The summed E-state index contributed by atoms with van der Waals surface area (Å²) < 4.78 is 0. The van der Waals surface area contributed by atoms with E-state index in [2.05, 4.69) is 44.2 Å². The van der Waals surface area contributed by atoms with Gasteiger partial charge in [0.1, 0.15) is 0 Å². The van der Waals surface area contributed by atoms with Gasteiger partial charge in [0.05, 0.1) is 0 Å². The molecule has 224 valence electrons. The maximum Gasteiger partial charge on any atom is -0.00773 e. The van der Waals surface area contributed by atoms with E-state index >= 15 is 0 Å². The zero-order valence-corrected chi connectivity index (χ0v) is 26.2. The van der Waals surface area contributed by atoms with Crippen LogP contribution in [-0.4, -0.2) is 13.1 Å². The second kappa shape index (κ2) is 32.4. The Morgan fingerprint density at radius 2 is 1.00 bits per heavy atom. The summed E-state index contributed by atoms with van der Waals surface area (Å²) in [6.07, 6.45) is 45.3. The minimum atomic E-state index is 0.769. The van der Waals surface area contributed by atoms with Gasteiger partial charge in [-0.2, -0.15) is 0 Å². The average molecular weight is 531 g/mol. The minimum absolute atomic E-state index is 0.769. The second-order valence-electron chi connectivity index (χ2n) is 11.6. The number of rotatable bonds is 30. The van der Waals surface area contributed by atoms with E-state index in [1.165, 1.54) is 154 Å². The van der Waals surface area contributed by atoms with Gasteiger partial charge in [-0.25, -0.2) is 0 Å². The van der Waals surface area contributed by atoms with Crippen LogP contribution in [-0.2, 0) is 0 Å². The zero-order valence-electron chi connectivity index (χ0n) is 26.2. The molecule has 0 aliphatic carbocycles. The van der Waals surface area contributed by atoms with Crippen LogP contribution in [0.1, 0.15) is 174 Å². The van der Waals surface area contributed by atoms with E-state index < -0.39 is 0 Å². The van der Waals surface area contributed by atoms with Crippen molar-refractivity contribution < 1.29 is 0 Å². The molecule has 0 spiro atoms. The number of allylic oxidation sites excluding steroid dienone is 6. The van der Waals surface area contributed by atoms with Crippen molar-refractivity contribution in [2.24, 2.45) is 17.4 Å². The van der Waals surface area contributed by atoms with Gasteiger partial charge >= 0.3 is 0 Å². The van der Waals surface area contributed by atoms with Crippen molar-refractivity contribution in [3.63, 3.8) is 0 Å². The lowest BCUT2D eigenvalue weighted by Gasteiger charge is -2.21. The van der Waals surface area contributed by atoms with E-state index in [1.54, 1.807) is 5.57 Å². The molecule has 0 fully saturated rings. The summed E-state index contributed by atoms with van der Waals surface area (Å²) in [5.41, 5.74) is 13.1. The zero-order chi connectivity index (χ0) is 27.8. The van der Waals surface area contributed by atoms with Crippen LogP contribution in [0.4, 0.5) is 0 Å². The van der Waals surface area contributed by atoms with E-state index in [-0.39, 0.29) is 0 Å². The number of unbranched alkanes of at least 4 members (excludes halogenated alkanes) is 16. The van der Waals surface area contributed by atoms with Crippen LogP contribution in [0.3, 0.4) is 0 Å². The predicted octanol–water partition coefficient (Wildman–Crippen LogP) is 11.4. The molecule has 0 saturated heterocycles. The van der Waals surface area contributed by atoms with Crippen molar-refractivity contribution in [2.45, 2.75) is 174 Å². The summed E-state index contributed by atoms with van der Waals surface area (Å²) in [6, 6.07) is 0. The molecule has 0 saturated carbocycles. The van der Waals surface area contributed by atoms with Crippen LogP contribution in [0.5, 0.6) is 0 Å². The van der Waals surface area contributed by atoms with Crippen LogP contribution in [0, 0.1) is 5.92 Å². The molecular weight excluding hydrogens is 460 g/mol. The molecule has 0 bridgehead atoms. The fourth-order valence-corrected chi connectivity index (χ4v) is 5.40. The molecule has 0 aromatic carbocycles. The molecule has 0 aromatic heterocycles.